The fourth-order valence-corrected chi connectivity index (χ4v) is 7.11. The Kier molecular flexibility index (Phi) is 11.9. The van der Waals surface area contributed by atoms with Gasteiger partial charge in [0, 0.05) is 43.0 Å². The van der Waals surface area contributed by atoms with Crippen LogP contribution in [0.4, 0.5) is 10.6 Å². The number of aromatic nitrogens is 3. The molecule has 2 aliphatic rings. The zero-order valence-electron chi connectivity index (χ0n) is 28.9. The van der Waals surface area contributed by atoms with Gasteiger partial charge in [-0.1, -0.05) is 25.5 Å². The summed E-state index contributed by atoms with van der Waals surface area (Å²) < 4.78 is 13.1. The van der Waals surface area contributed by atoms with Gasteiger partial charge in [-0.3, -0.25) is 14.4 Å². The third kappa shape index (κ3) is 8.93. The largest absolute Gasteiger partial charge is 0.496 e. The first kappa shape index (κ1) is 34.5. The van der Waals surface area contributed by atoms with Gasteiger partial charge in [0.1, 0.15) is 17.7 Å². The Morgan fingerprint density at radius 1 is 1.02 bits per heavy atom. The molecule has 47 heavy (non-hydrogen) atoms. The number of rotatable bonds is 12. The molecule has 0 bridgehead atoms. The van der Waals surface area contributed by atoms with Crippen LogP contribution in [0.25, 0.3) is 11.1 Å². The standard InChI is InChI=1S/C38H53N5O4/c1-6-7-19-40-38(45)47-34-15-12-30(13-16-34)37(44)42(36-22-32(18-20-39-36)33-23-41-43(25-33)26(2)3)24-28-8-10-29(11-9-28)31-14-17-35(46-5)27(4)21-31/h14,17-18,20-23,25-26,28-30,34H,6-13,15-16,19,24H2,1-5H3,(H,40,45). The van der Waals surface area contributed by atoms with Crippen LogP contribution in [0.1, 0.15) is 108 Å². The van der Waals surface area contributed by atoms with Crippen molar-refractivity contribution in [1.29, 1.82) is 0 Å². The van der Waals surface area contributed by atoms with Gasteiger partial charge < -0.3 is 14.8 Å². The van der Waals surface area contributed by atoms with Crippen molar-refractivity contribution in [1.82, 2.24) is 20.1 Å². The summed E-state index contributed by atoms with van der Waals surface area (Å²) in [6.07, 6.45) is 14.3. The molecule has 2 aromatic heterocycles. The number of hydrogen-bond donors (Lipinski definition) is 1. The van der Waals surface area contributed by atoms with Crippen LogP contribution in [-0.4, -0.2) is 53.1 Å². The first-order valence-electron chi connectivity index (χ1n) is 17.7. The minimum Gasteiger partial charge on any atom is -0.496 e. The minimum atomic E-state index is -0.350. The molecule has 2 saturated carbocycles. The molecule has 3 aromatic rings. The van der Waals surface area contributed by atoms with E-state index in [0.29, 0.717) is 56.4 Å². The van der Waals surface area contributed by atoms with Crippen molar-refractivity contribution in [3.63, 3.8) is 0 Å². The van der Waals surface area contributed by atoms with E-state index >= 15 is 0 Å². The Hall–Kier alpha value is -3.88. The molecule has 0 aliphatic heterocycles. The summed E-state index contributed by atoms with van der Waals surface area (Å²) >= 11 is 0. The van der Waals surface area contributed by atoms with Gasteiger partial charge in [-0.15, -0.1) is 0 Å². The van der Waals surface area contributed by atoms with E-state index in [0.717, 1.165) is 55.4 Å². The summed E-state index contributed by atoms with van der Waals surface area (Å²) in [7, 11) is 1.72. The number of methoxy groups -OCH3 is 1. The molecule has 0 saturated heterocycles. The molecule has 254 valence electrons. The first-order chi connectivity index (χ1) is 22.7. The number of carbonyl (C=O) groups is 2. The van der Waals surface area contributed by atoms with Crippen LogP contribution in [0.2, 0.25) is 0 Å². The van der Waals surface area contributed by atoms with Gasteiger partial charge in [-0.25, -0.2) is 9.78 Å². The highest BCUT2D eigenvalue weighted by molar-refractivity contribution is 5.94. The molecule has 2 fully saturated rings. The third-order valence-electron chi connectivity index (χ3n) is 10.0. The summed E-state index contributed by atoms with van der Waals surface area (Å²) in [6.45, 7) is 9.70. The van der Waals surface area contributed by atoms with Crippen LogP contribution in [0.15, 0.2) is 48.9 Å². The maximum absolute atomic E-state index is 14.3. The molecule has 2 aliphatic carbocycles. The fourth-order valence-electron chi connectivity index (χ4n) is 7.11. The van der Waals surface area contributed by atoms with Crippen LogP contribution < -0.4 is 15.0 Å². The molecule has 0 spiro atoms. The van der Waals surface area contributed by atoms with Crippen LogP contribution in [-0.2, 0) is 9.53 Å². The maximum atomic E-state index is 14.3. The fraction of sp³-hybridized carbons (Fsp3) is 0.579. The predicted octanol–water partition coefficient (Wildman–Crippen LogP) is 8.24. The van der Waals surface area contributed by atoms with E-state index in [1.54, 1.807) is 7.11 Å². The van der Waals surface area contributed by atoms with Crippen molar-refractivity contribution in [2.24, 2.45) is 11.8 Å². The number of anilines is 1. The molecule has 9 nitrogen and oxygen atoms in total. The number of alkyl carbamates (subject to hydrolysis) is 1. The summed E-state index contributed by atoms with van der Waals surface area (Å²) in [5, 5.41) is 7.37. The highest BCUT2D eigenvalue weighted by Crippen LogP contribution is 2.39. The van der Waals surface area contributed by atoms with Crippen LogP contribution in [0.5, 0.6) is 5.75 Å². The van der Waals surface area contributed by atoms with E-state index in [1.165, 1.54) is 11.1 Å². The Balaban J connectivity index is 1.28. The predicted molar refractivity (Wildman–Crippen MR) is 186 cm³/mol. The lowest BCUT2D eigenvalue weighted by atomic mass is 9.78. The quantitative estimate of drug-likeness (QED) is 0.200. The lowest BCUT2D eigenvalue weighted by molar-refractivity contribution is -0.124. The van der Waals surface area contributed by atoms with Gasteiger partial charge in [0.05, 0.1) is 13.3 Å². The van der Waals surface area contributed by atoms with E-state index in [1.807, 2.05) is 34.1 Å². The van der Waals surface area contributed by atoms with Crippen molar-refractivity contribution in [2.75, 3.05) is 25.1 Å². The molecular formula is C38H53N5O4. The Bertz CT molecular complexity index is 1470. The number of carbonyl (C=O) groups excluding carboxylic acids is 2. The van der Waals surface area contributed by atoms with Gasteiger partial charge >= 0.3 is 6.09 Å². The van der Waals surface area contributed by atoms with Gasteiger partial charge in [0.25, 0.3) is 0 Å². The van der Waals surface area contributed by atoms with E-state index in [4.69, 9.17) is 14.5 Å². The van der Waals surface area contributed by atoms with E-state index in [2.05, 4.69) is 62.5 Å². The average molecular weight is 644 g/mol. The molecule has 0 unspecified atom stereocenters. The second-order valence-corrected chi connectivity index (χ2v) is 13.8. The number of amides is 2. The number of unbranched alkanes of at least 4 members (excludes halogenated alkanes) is 1. The number of aryl methyl sites for hydroxylation is 1. The smallest absolute Gasteiger partial charge is 0.407 e. The second kappa shape index (κ2) is 16.3. The maximum Gasteiger partial charge on any atom is 0.407 e. The van der Waals surface area contributed by atoms with Crippen LogP contribution in [0.3, 0.4) is 0 Å². The lowest BCUT2D eigenvalue weighted by Crippen LogP contribution is -2.42. The highest BCUT2D eigenvalue weighted by Gasteiger charge is 2.34. The summed E-state index contributed by atoms with van der Waals surface area (Å²) in [5.41, 5.74) is 4.57. The molecule has 0 atom stereocenters. The van der Waals surface area contributed by atoms with Crippen molar-refractivity contribution in [2.45, 2.75) is 110 Å². The summed E-state index contributed by atoms with van der Waals surface area (Å²) in [5.74, 6) is 2.56. The Labute approximate surface area is 280 Å². The summed E-state index contributed by atoms with van der Waals surface area (Å²) in [6, 6.07) is 10.9. The second-order valence-electron chi connectivity index (χ2n) is 13.8. The molecule has 1 N–H and O–H groups in total. The molecule has 2 heterocycles. The monoisotopic (exact) mass is 643 g/mol. The van der Waals surface area contributed by atoms with Crippen molar-refractivity contribution in [3.8, 4) is 16.9 Å². The zero-order chi connectivity index (χ0) is 33.3. The Morgan fingerprint density at radius 2 is 1.79 bits per heavy atom. The molecule has 0 radical (unpaired) electrons. The van der Waals surface area contributed by atoms with Crippen LogP contribution in [0, 0.1) is 18.8 Å². The molecular weight excluding hydrogens is 590 g/mol. The van der Waals surface area contributed by atoms with Crippen molar-refractivity contribution >= 4 is 17.8 Å². The lowest BCUT2D eigenvalue weighted by Gasteiger charge is -2.35. The number of benzene rings is 1. The topological polar surface area (TPSA) is 98.6 Å². The number of nitrogens with zero attached hydrogens (tertiary/aromatic N) is 4. The van der Waals surface area contributed by atoms with Gasteiger partial charge in [-0.05, 0) is 125 Å². The number of nitrogens with one attached hydrogen (secondary N) is 1. The average Bonchev–Trinajstić information content (AvgIpc) is 3.59. The van der Waals surface area contributed by atoms with Crippen LogP contribution >= 0.6 is 0 Å². The normalized spacial score (nSPS) is 21.3. The third-order valence-corrected chi connectivity index (χ3v) is 10.0. The molecule has 2 amide bonds. The number of pyridine rings is 1. The molecule has 5 rings (SSSR count). The molecule has 1 aromatic carbocycles. The number of hydrogen-bond acceptors (Lipinski definition) is 6. The number of ether oxygens (including phenoxy) is 2. The first-order valence-corrected chi connectivity index (χ1v) is 17.7. The molecule has 9 heteroatoms. The van der Waals surface area contributed by atoms with Gasteiger partial charge in [-0.2, -0.15) is 5.10 Å². The zero-order valence-corrected chi connectivity index (χ0v) is 28.9. The SMILES string of the molecule is CCCCNC(=O)OC1CCC(C(=O)N(CC2CCC(c3ccc(OC)c(C)c3)CC2)c2cc(-c3cnn(C(C)C)c3)ccn2)CC1. The minimum absolute atomic E-state index is 0.120. The van der Waals surface area contributed by atoms with E-state index in [9.17, 15) is 9.59 Å². The van der Waals surface area contributed by atoms with E-state index < -0.39 is 0 Å². The highest BCUT2D eigenvalue weighted by atomic mass is 16.6. The van der Waals surface area contributed by atoms with Gasteiger partial charge in [0.2, 0.25) is 5.91 Å². The van der Waals surface area contributed by atoms with Gasteiger partial charge in [0.15, 0.2) is 0 Å². The van der Waals surface area contributed by atoms with Crippen molar-refractivity contribution < 1.29 is 19.1 Å². The van der Waals surface area contributed by atoms with Crippen molar-refractivity contribution in [3.05, 3.63) is 60.0 Å². The summed E-state index contributed by atoms with van der Waals surface area (Å²) in [4.78, 5) is 33.3. The van der Waals surface area contributed by atoms with E-state index in [-0.39, 0.29) is 30.1 Å². The Morgan fingerprint density at radius 3 is 2.45 bits per heavy atom.